The van der Waals surface area contributed by atoms with E-state index in [-0.39, 0.29) is 0 Å². The molecule has 3 nitrogen and oxygen atoms in total. The second kappa shape index (κ2) is 9.47. The first kappa shape index (κ1) is 18.5. The molecule has 1 aliphatic heterocycles. The van der Waals surface area contributed by atoms with Crippen molar-refractivity contribution in [2.75, 3.05) is 26.2 Å². The topological polar surface area (TPSA) is 18.5 Å². The van der Waals surface area contributed by atoms with Crippen molar-refractivity contribution < 1.29 is 0 Å². The average molecular weight is 296 g/mol. The van der Waals surface area contributed by atoms with Crippen molar-refractivity contribution in [1.29, 1.82) is 0 Å². The number of unbranched alkanes of at least 4 members (excludes halogenated alkanes) is 3. The minimum atomic E-state index is 0.479. The molecule has 0 aliphatic carbocycles. The molecule has 0 aromatic rings. The van der Waals surface area contributed by atoms with Crippen LogP contribution in [0.1, 0.15) is 60.3 Å². The summed E-state index contributed by atoms with van der Waals surface area (Å²) in [7, 11) is 0. The molecule has 21 heavy (non-hydrogen) atoms. The Morgan fingerprint density at radius 1 is 1.14 bits per heavy atom. The highest BCUT2D eigenvalue weighted by molar-refractivity contribution is 4.98. The van der Waals surface area contributed by atoms with E-state index in [2.05, 4.69) is 56.3 Å². The lowest BCUT2D eigenvalue weighted by Gasteiger charge is -2.45. The molecule has 1 N–H and O–H groups in total. The molecule has 0 saturated carbocycles. The summed E-state index contributed by atoms with van der Waals surface area (Å²) in [6.45, 7) is 20.1. The van der Waals surface area contributed by atoms with E-state index in [0.29, 0.717) is 18.1 Å². The van der Waals surface area contributed by atoms with Gasteiger partial charge in [0, 0.05) is 43.5 Å². The van der Waals surface area contributed by atoms with E-state index in [1.54, 1.807) is 0 Å². The molecule has 0 aromatic carbocycles. The molecule has 1 aliphatic rings. The lowest BCUT2D eigenvalue weighted by atomic mass is 10.1. The van der Waals surface area contributed by atoms with Gasteiger partial charge < -0.3 is 5.32 Å². The molecule has 2 unspecified atom stereocenters. The van der Waals surface area contributed by atoms with Gasteiger partial charge in [-0.3, -0.25) is 9.80 Å². The predicted molar refractivity (Wildman–Crippen MR) is 93.6 cm³/mol. The quantitative estimate of drug-likeness (QED) is 0.657. The number of rotatable bonds is 9. The van der Waals surface area contributed by atoms with Crippen LogP contribution in [-0.4, -0.2) is 54.1 Å². The lowest BCUT2D eigenvalue weighted by Crippen LogP contribution is -2.57. The van der Waals surface area contributed by atoms with Gasteiger partial charge in [-0.25, -0.2) is 0 Å². The van der Waals surface area contributed by atoms with Gasteiger partial charge in [0.2, 0.25) is 0 Å². The molecule has 0 aromatic heterocycles. The summed E-state index contributed by atoms with van der Waals surface area (Å²) in [5.74, 6) is 0. The van der Waals surface area contributed by atoms with E-state index >= 15 is 0 Å². The first-order valence-corrected chi connectivity index (χ1v) is 8.86. The SMILES string of the molecule is C=C(CN1CC(C)N(CCCCCC)C(C)C1)NC(C)C. The number of nitrogens with zero attached hydrogens (tertiary/aromatic N) is 2. The van der Waals surface area contributed by atoms with Gasteiger partial charge in [0.25, 0.3) is 0 Å². The molecule has 1 fully saturated rings. The summed E-state index contributed by atoms with van der Waals surface area (Å²) >= 11 is 0. The van der Waals surface area contributed by atoms with Crippen molar-refractivity contribution in [3.05, 3.63) is 12.3 Å². The Kier molecular flexibility index (Phi) is 8.35. The molecule has 0 radical (unpaired) electrons. The molecule has 0 bridgehead atoms. The van der Waals surface area contributed by atoms with E-state index in [9.17, 15) is 0 Å². The van der Waals surface area contributed by atoms with Gasteiger partial charge in [0.05, 0.1) is 0 Å². The normalized spacial score (nSPS) is 24.5. The molecule has 1 saturated heterocycles. The van der Waals surface area contributed by atoms with Gasteiger partial charge in [-0.1, -0.05) is 32.8 Å². The Morgan fingerprint density at radius 3 is 2.29 bits per heavy atom. The fraction of sp³-hybridized carbons (Fsp3) is 0.889. The van der Waals surface area contributed by atoms with Gasteiger partial charge in [0.1, 0.15) is 0 Å². The van der Waals surface area contributed by atoms with E-state index in [1.165, 1.54) is 32.2 Å². The zero-order chi connectivity index (χ0) is 15.8. The third-order valence-corrected chi connectivity index (χ3v) is 4.35. The number of nitrogens with one attached hydrogen (secondary N) is 1. The zero-order valence-corrected chi connectivity index (χ0v) is 15.0. The summed E-state index contributed by atoms with van der Waals surface area (Å²) < 4.78 is 0. The van der Waals surface area contributed by atoms with E-state index in [4.69, 9.17) is 0 Å². The van der Waals surface area contributed by atoms with Gasteiger partial charge in [-0.15, -0.1) is 0 Å². The van der Waals surface area contributed by atoms with Gasteiger partial charge >= 0.3 is 0 Å². The zero-order valence-electron chi connectivity index (χ0n) is 15.0. The van der Waals surface area contributed by atoms with Crippen molar-refractivity contribution in [2.24, 2.45) is 0 Å². The second-order valence-corrected chi connectivity index (χ2v) is 7.09. The maximum atomic E-state index is 4.16. The number of piperazine rings is 1. The minimum Gasteiger partial charge on any atom is -0.386 e. The Bertz CT molecular complexity index is 289. The summed E-state index contributed by atoms with van der Waals surface area (Å²) in [6, 6.07) is 1.79. The molecule has 1 heterocycles. The lowest BCUT2D eigenvalue weighted by molar-refractivity contribution is 0.0416. The Morgan fingerprint density at radius 2 is 1.76 bits per heavy atom. The van der Waals surface area contributed by atoms with E-state index in [1.807, 2.05) is 0 Å². The fourth-order valence-electron chi connectivity index (χ4n) is 3.48. The van der Waals surface area contributed by atoms with Crippen LogP contribution in [0.2, 0.25) is 0 Å². The van der Waals surface area contributed by atoms with Crippen molar-refractivity contribution in [1.82, 2.24) is 15.1 Å². The molecule has 0 spiro atoms. The van der Waals surface area contributed by atoms with Crippen LogP contribution in [0.15, 0.2) is 12.3 Å². The summed E-state index contributed by atoms with van der Waals surface area (Å²) in [4.78, 5) is 5.25. The molecule has 1 rings (SSSR count). The van der Waals surface area contributed by atoms with Crippen LogP contribution in [0.3, 0.4) is 0 Å². The molecule has 124 valence electrons. The van der Waals surface area contributed by atoms with Crippen LogP contribution in [0.5, 0.6) is 0 Å². The Labute approximate surface area is 132 Å². The summed E-state index contributed by atoms with van der Waals surface area (Å²) in [5.41, 5.74) is 1.15. The Balaban J connectivity index is 2.36. The maximum absolute atomic E-state index is 4.16. The fourth-order valence-corrected chi connectivity index (χ4v) is 3.48. The van der Waals surface area contributed by atoms with Crippen LogP contribution in [0.25, 0.3) is 0 Å². The highest BCUT2D eigenvalue weighted by Crippen LogP contribution is 2.17. The monoisotopic (exact) mass is 295 g/mol. The molecule has 2 atom stereocenters. The molecular weight excluding hydrogens is 258 g/mol. The third-order valence-electron chi connectivity index (χ3n) is 4.35. The third kappa shape index (κ3) is 6.84. The minimum absolute atomic E-state index is 0.479. The van der Waals surface area contributed by atoms with Crippen LogP contribution in [-0.2, 0) is 0 Å². The maximum Gasteiger partial charge on any atom is 0.0377 e. The Hall–Kier alpha value is -0.540. The second-order valence-electron chi connectivity index (χ2n) is 7.09. The van der Waals surface area contributed by atoms with Gasteiger partial charge in [0.15, 0.2) is 0 Å². The van der Waals surface area contributed by atoms with Crippen molar-refractivity contribution >= 4 is 0 Å². The molecule has 3 heteroatoms. The average Bonchev–Trinajstić information content (AvgIpc) is 2.35. The number of hydrogen-bond donors (Lipinski definition) is 1. The molecular formula is C18H37N3. The first-order chi connectivity index (χ1) is 9.93. The highest BCUT2D eigenvalue weighted by Gasteiger charge is 2.28. The van der Waals surface area contributed by atoms with Crippen molar-refractivity contribution in [3.63, 3.8) is 0 Å². The van der Waals surface area contributed by atoms with Gasteiger partial charge in [-0.05, 0) is 40.7 Å². The summed E-state index contributed by atoms with van der Waals surface area (Å²) in [5, 5.41) is 3.43. The van der Waals surface area contributed by atoms with Gasteiger partial charge in [-0.2, -0.15) is 0 Å². The molecule has 0 amide bonds. The largest absolute Gasteiger partial charge is 0.386 e. The van der Waals surface area contributed by atoms with Crippen molar-refractivity contribution in [3.8, 4) is 0 Å². The standard InChI is InChI=1S/C18H37N3/c1-7-8-9-10-11-21-17(5)13-20(14-18(21)6)12-16(4)19-15(2)3/h15,17-19H,4,7-14H2,1-3,5-6H3. The smallest absolute Gasteiger partial charge is 0.0377 e. The highest BCUT2D eigenvalue weighted by atomic mass is 15.3. The summed E-state index contributed by atoms with van der Waals surface area (Å²) in [6.07, 6.45) is 5.43. The van der Waals surface area contributed by atoms with Crippen LogP contribution < -0.4 is 5.32 Å². The van der Waals surface area contributed by atoms with E-state index in [0.717, 1.165) is 25.3 Å². The van der Waals surface area contributed by atoms with Crippen LogP contribution in [0, 0.1) is 0 Å². The van der Waals surface area contributed by atoms with Crippen LogP contribution in [0.4, 0.5) is 0 Å². The first-order valence-electron chi connectivity index (χ1n) is 8.86. The van der Waals surface area contributed by atoms with Crippen LogP contribution >= 0.6 is 0 Å². The van der Waals surface area contributed by atoms with E-state index < -0.39 is 0 Å². The number of hydrogen-bond acceptors (Lipinski definition) is 3. The predicted octanol–water partition coefficient (Wildman–Crippen LogP) is 3.47. The van der Waals surface area contributed by atoms with Crippen molar-refractivity contribution in [2.45, 2.75) is 78.4 Å².